The lowest BCUT2D eigenvalue weighted by Crippen LogP contribution is -2.14. The third-order valence-corrected chi connectivity index (χ3v) is 1.39. The van der Waals surface area contributed by atoms with Crippen LogP contribution in [0.2, 0.25) is 0 Å². The number of tetrazole rings is 1. The lowest BCUT2D eigenvalue weighted by molar-refractivity contribution is 0.307. The molecule has 0 spiro atoms. The Hall–Kier alpha value is -2.52. The molecule has 0 aromatic carbocycles. The zero-order chi connectivity index (χ0) is 9.97. The molecule has 0 atom stereocenters. The first-order valence-electron chi connectivity index (χ1n) is 3.35. The first kappa shape index (κ1) is 8.10. The lowest BCUT2D eigenvalue weighted by Gasteiger charge is -1.96. The predicted molar refractivity (Wildman–Crippen MR) is 41.6 cm³/mol. The summed E-state index contributed by atoms with van der Waals surface area (Å²) in [6, 6.07) is 0. The highest BCUT2D eigenvalue weighted by Crippen LogP contribution is 2.13. The Kier molecular flexibility index (Phi) is 1.78. The van der Waals surface area contributed by atoms with Gasteiger partial charge in [-0.3, -0.25) is 0 Å². The van der Waals surface area contributed by atoms with E-state index in [2.05, 4.69) is 40.7 Å². The molecule has 0 radical (unpaired) electrons. The van der Waals surface area contributed by atoms with Crippen LogP contribution in [0.5, 0.6) is 0 Å². The minimum absolute atomic E-state index is 0.0126. The minimum Gasteiger partial charge on any atom is -0.790 e. The monoisotopic (exact) mass is 195 g/mol. The molecular weight excluding hydrogens is 192 g/mol. The second-order valence-corrected chi connectivity index (χ2v) is 2.17. The van der Waals surface area contributed by atoms with Crippen molar-refractivity contribution >= 4 is 5.84 Å². The summed E-state index contributed by atoms with van der Waals surface area (Å²) in [7, 11) is 0. The van der Waals surface area contributed by atoms with Crippen molar-refractivity contribution in [3.63, 3.8) is 0 Å². The average molecular weight is 195 g/mol. The number of amidine groups is 1. The normalized spacial score (nSPS) is 11.9. The Labute approximate surface area is 75.7 Å². The van der Waals surface area contributed by atoms with Gasteiger partial charge in [0.05, 0.1) is 0 Å². The maximum absolute atomic E-state index is 10.1. The van der Waals surface area contributed by atoms with Crippen molar-refractivity contribution in [2.45, 2.75) is 0 Å². The molecule has 2 aromatic heterocycles. The largest absolute Gasteiger partial charge is 0.790 e. The number of hydrogen-bond donors (Lipinski definition) is 2. The van der Waals surface area contributed by atoms with Crippen molar-refractivity contribution in [3.05, 3.63) is 10.9 Å². The van der Waals surface area contributed by atoms with Crippen LogP contribution in [0.1, 0.15) is 5.69 Å². The zero-order valence-corrected chi connectivity index (χ0v) is 6.58. The SMILES string of the molecule is N/C(=N/[O-])c1nonc1-c1nn[nH]n1. The zero-order valence-electron chi connectivity index (χ0n) is 6.58. The number of H-pyrrole nitrogens is 1. The molecule has 0 aliphatic heterocycles. The van der Waals surface area contributed by atoms with E-state index < -0.39 is 0 Å². The van der Waals surface area contributed by atoms with E-state index in [0.29, 0.717) is 0 Å². The third kappa shape index (κ3) is 1.14. The second kappa shape index (κ2) is 3.08. The molecule has 0 fully saturated rings. The van der Waals surface area contributed by atoms with Gasteiger partial charge in [-0.1, -0.05) is 0 Å². The number of nitrogens with two attached hydrogens (primary N) is 1. The molecule has 2 heterocycles. The summed E-state index contributed by atoms with van der Waals surface area (Å²) < 4.78 is 4.37. The van der Waals surface area contributed by atoms with Crippen molar-refractivity contribution in [2.75, 3.05) is 0 Å². The van der Waals surface area contributed by atoms with Gasteiger partial charge in [0, 0.05) is 0 Å². The third-order valence-electron chi connectivity index (χ3n) is 1.39. The Bertz CT molecular complexity index is 444. The quantitative estimate of drug-likeness (QED) is 0.331. The van der Waals surface area contributed by atoms with E-state index in [1.54, 1.807) is 0 Å². The van der Waals surface area contributed by atoms with E-state index in [9.17, 15) is 5.21 Å². The first-order chi connectivity index (χ1) is 6.83. The number of nitrogens with zero attached hydrogens (tertiary/aromatic N) is 6. The molecule has 2 aromatic rings. The summed E-state index contributed by atoms with van der Waals surface area (Å²) in [5.74, 6) is -0.237. The van der Waals surface area contributed by atoms with Crippen LogP contribution < -0.4 is 5.73 Å². The van der Waals surface area contributed by atoms with E-state index >= 15 is 0 Å². The van der Waals surface area contributed by atoms with Gasteiger partial charge in [-0.2, -0.15) is 5.21 Å². The van der Waals surface area contributed by atoms with Crippen LogP contribution in [0, 0.1) is 5.21 Å². The van der Waals surface area contributed by atoms with Crippen LogP contribution in [0.3, 0.4) is 0 Å². The summed E-state index contributed by atoms with van der Waals surface area (Å²) >= 11 is 0. The Morgan fingerprint density at radius 3 is 3.00 bits per heavy atom. The summed E-state index contributed by atoms with van der Waals surface area (Å²) in [5, 5.41) is 32.2. The van der Waals surface area contributed by atoms with Crippen LogP contribution in [-0.2, 0) is 0 Å². The summed E-state index contributed by atoms with van der Waals surface area (Å²) in [6.07, 6.45) is 0. The molecule has 14 heavy (non-hydrogen) atoms. The van der Waals surface area contributed by atoms with Gasteiger partial charge in [-0.15, -0.1) is 10.2 Å². The van der Waals surface area contributed by atoms with E-state index in [1.807, 2.05) is 0 Å². The average Bonchev–Trinajstić information content (AvgIpc) is 2.85. The number of aromatic nitrogens is 6. The second-order valence-electron chi connectivity index (χ2n) is 2.17. The van der Waals surface area contributed by atoms with E-state index in [-0.39, 0.29) is 23.0 Å². The predicted octanol–water partition coefficient (Wildman–Crippen LogP) is -1.55. The number of rotatable bonds is 2. The standard InChI is InChI=1S/C4H4N8O2/c5-3(8-13)1-2(10-14-9-1)4-6-11-12-7-4/h13H,(H2,5,8)(H,6,7,11,12)/p-1. The van der Waals surface area contributed by atoms with Gasteiger partial charge in [-0.25, -0.2) is 4.63 Å². The fourth-order valence-electron chi connectivity index (χ4n) is 0.809. The summed E-state index contributed by atoms with van der Waals surface area (Å²) in [6.45, 7) is 0. The number of hydrogen-bond acceptors (Lipinski definition) is 8. The molecule has 10 heteroatoms. The van der Waals surface area contributed by atoms with Gasteiger partial charge in [0.15, 0.2) is 11.4 Å². The molecule has 3 N–H and O–H groups in total. The maximum Gasteiger partial charge on any atom is 0.229 e. The highest BCUT2D eigenvalue weighted by molar-refractivity contribution is 5.99. The van der Waals surface area contributed by atoms with E-state index in [0.717, 1.165) is 0 Å². The molecule has 0 saturated carbocycles. The smallest absolute Gasteiger partial charge is 0.229 e. The van der Waals surface area contributed by atoms with Crippen LogP contribution in [-0.4, -0.2) is 36.8 Å². The molecule has 2 rings (SSSR count). The molecule has 0 saturated heterocycles. The van der Waals surface area contributed by atoms with Crippen molar-refractivity contribution in [1.29, 1.82) is 0 Å². The first-order valence-corrected chi connectivity index (χ1v) is 3.35. The van der Waals surface area contributed by atoms with E-state index in [4.69, 9.17) is 5.73 Å². The molecule has 72 valence electrons. The van der Waals surface area contributed by atoms with E-state index in [1.165, 1.54) is 0 Å². The molecule has 10 nitrogen and oxygen atoms in total. The van der Waals surface area contributed by atoms with Crippen LogP contribution >= 0.6 is 0 Å². The van der Waals surface area contributed by atoms with Gasteiger partial charge < -0.3 is 16.1 Å². The Morgan fingerprint density at radius 1 is 1.50 bits per heavy atom. The number of nitrogens with one attached hydrogen (secondary N) is 1. The fourth-order valence-corrected chi connectivity index (χ4v) is 0.809. The molecule has 0 aliphatic carbocycles. The molecule has 0 unspecified atom stereocenters. The lowest BCUT2D eigenvalue weighted by atomic mass is 10.3. The molecule has 0 bridgehead atoms. The van der Waals surface area contributed by atoms with Crippen molar-refractivity contribution < 1.29 is 4.63 Å². The highest BCUT2D eigenvalue weighted by atomic mass is 16.6. The van der Waals surface area contributed by atoms with Gasteiger partial charge in [0.1, 0.15) is 5.84 Å². The fraction of sp³-hybridized carbons (Fsp3) is 0. The van der Waals surface area contributed by atoms with Crippen LogP contribution in [0.15, 0.2) is 9.78 Å². The van der Waals surface area contributed by atoms with Gasteiger partial charge in [0.2, 0.25) is 5.82 Å². The van der Waals surface area contributed by atoms with Crippen LogP contribution in [0.4, 0.5) is 0 Å². The summed E-state index contributed by atoms with van der Waals surface area (Å²) in [4.78, 5) is 0. The van der Waals surface area contributed by atoms with Gasteiger partial charge >= 0.3 is 0 Å². The topological polar surface area (TPSA) is 155 Å². The number of aromatic amines is 1. The minimum atomic E-state index is -0.356. The molecule has 0 aliphatic rings. The molecule has 0 amide bonds. The highest BCUT2D eigenvalue weighted by Gasteiger charge is 2.18. The molecular formula is C4H3N8O2-. The van der Waals surface area contributed by atoms with Crippen molar-refractivity contribution in [2.24, 2.45) is 10.9 Å². The van der Waals surface area contributed by atoms with Crippen molar-refractivity contribution in [1.82, 2.24) is 30.9 Å². The summed E-state index contributed by atoms with van der Waals surface area (Å²) in [5.41, 5.74) is 5.33. The Balaban J connectivity index is 2.50. The maximum atomic E-state index is 10.1. The van der Waals surface area contributed by atoms with Gasteiger partial charge in [-0.05, 0) is 15.5 Å². The van der Waals surface area contributed by atoms with Gasteiger partial charge in [0.25, 0.3) is 0 Å². The van der Waals surface area contributed by atoms with Crippen LogP contribution in [0.25, 0.3) is 11.5 Å². The Morgan fingerprint density at radius 2 is 2.36 bits per heavy atom. The van der Waals surface area contributed by atoms with Crippen molar-refractivity contribution in [3.8, 4) is 11.5 Å².